The summed E-state index contributed by atoms with van der Waals surface area (Å²) in [5.41, 5.74) is 6.07. The van der Waals surface area contributed by atoms with E-state index in [2.05, 4.69) is 21.7 Å². The Balaban J connectivity index is 1.39. The molecule has 2 N–H and O–H groups in total. The molecule has 0 aromatic carbocycles. The van der Waals surface area contributed by atoms with Crippen LogP contribution in [0.5, 0.6) is 0 Å². The van der Waals surface area contributed by atoms with Crippen LogP contribution >= 0.6 is 0 Å². The highest BCUT2D eigenvalue weighted by atomic mass is 16.1. The van der Waals surface area contributed by atoms with E-state index in [1.54, 1.807) is 12.4 Å². The predicted molar refractivity (Wildman–Crippen MR) is 128 cm³/mol. The predicted octanol–water partition coefficient (Wildman–Crippen LogP) is 5.07. The van der Waals surface area contributed by atoms with Gasteiger partial charge >= 0.3 is 0 Å². The molecule has 0 unspecified atom stereocenters. The summed E-state index contributed by atoms with van der Waals surface area (Å²) >= 11 is 0. The molecule has 2 aliphatic rings. The first-order valence-corrected chi connectivity index (χ1v) is 11.6. The number of nitrogens with one attached hydrogen (secondary N) is 2. The Bertz CT molecular complexity index is 1370. The summed E-state index contributed by atoms with van der Waals surface area (Å²) in [4.78, 5) is 27.0. The molecule has 0 atom stereocenters. The van der Waals surface area contributed by atoms with Gasteiger partial charge in [0.2, 0.25) is 0 Å². The first-order chi connectivity index (χ1) is 16.2. The van der Waals surface area contributed by atoms with Crippen molar-refractivity contribution < 1.29 is 4.79 Å². The molecule has 5 heterocycles. The molecule has 1 saturated carbocycles. The minimum Gasteiger partial charge on any atom is -0.348 e. The van der Waals surface area contributed by atoms with Crippen LogP contribution in [0.4, 0.5) is 11.5 Å². The van der Waals surface area contributed by atoms with Gasteiger partial charge in [-0.15, -0.1) is 0 Å². The number of amides is 1. The molecule has 4 aromatic rings. The van der Waals surface area contributed by atoms with E-state index in [9.17, 15) is 4.79 Å². The van der Waals surface area contributed by atoms with Crippen LogP contribution in [-0.2, 0) is 13.6 Å². The van der Waals surface area contributed by atoms with Gasteiger partial charge in [0.1, 0.15) is 11.5 Å². The normalized spacial score (nSPS) is 16.1. The number of aromatic nitrogens is 4. The number of anilines is 2. The van der Waals surface area contributed by atoms with Crippen LogP contribution in [0, 0.1) is 0 Å². The van der Waals surface area contributed by atoms with E-state index < -0.39 is 0 Å². The van der Waals surface area contributed by atoms with Gasteiger partial charge in [-0.25, -0.2) is 9.97 Å². The lowest BCUT2D eigenvalue weighted by Gasteiger charge is -2.21. The molecule has 0 spiro atoms. The summed E-state index contributed by atoms with van der Waals surface area (Å²) in [5.74, 6) is 1.19. The lowest BCUT2D eigenvalue weighted by molar-refractivity contribution is 0.0966. The number of nitrogens with zero attached hydrogens (tertiary/aromatic N) is 4. The third-order valence-corrected chi connectivity index (χ3v) is 6.91. The maximum Gasteiger partial charge on any atom is 0.254 e. The molecule has 0 radical (unpaired) electrons. The largest absolute Gasteiger partial charge is 0.348 e. The molecule has 33 heavy (non-hydrogen) atoms. The minimum absolute atomic E-state index is 0.0852. The van der Waals surface area contributed by atoms with E-state index in [0.29, 0.717) is 23.7 Å². The van der Waals surface area contributed by atoms with E-state index in [4.69, 9.17) is 9.97 Å². The Labute approximate surface area is 192 Å². The molecule has 1 amide bonds. The Morgan fingerprint density at radius 3 is 2.85 bits per heavy atom. The quantitative estimate of drug-likeness (QED) is 0.465. The van der Waals surface area contributed by atoms with Crippen molar-refractivity contribution in [1.82, 2.24) is 24.8 Å². The Morgan fingerprint density at radius 1 is 1.09 bits per heavy atom. The maximum absolute atomic E-state index is 12.8. The smallest absolute Gasteiger partial charge is 0.254 e. The van der Waals surface area contributed by atoms with E-state index in [-0.39, 0.29) is 5.91 Å². The third kappa shape index (κ3) is 3.44. The number of carbonyl (C=O) groups is 1. The van der Waals surface area contributed by atoms with Crippen molar-refractivity contribution in [3.63, 3.8) is 0 Å². The van der Waals surface area contributed by atoms with E-state index in [1.807, 2.05) is 42.1 Å². The van der Waals surface area contributed by atoms with Crippen molar-refractivity contribution in [2.75, 3.05) is 5.32 Å². The standard InChI is InChI=1S/C26H26N6O/c1-32-13-11-18-17(10-12-27-25(18)32)24-19-14-29-26(33)23(19)21(15-28-24)31-22-9-5-8-20(30-22)16-6-3-2-4-7-16/h5,8-13,15-16H,2-4,6-7,14H2,1H3,(H,29,33)(H,30,31). The topological polar surface area (TPSA) is 84.7 Å². The van der Waals surface area contributed by atoms with E-state index in [0.717, 1.165) is 39.4 Å². The zero-order valence-corrected chi connectivity index (χ0v) is 18.6. The van der Waals surface area contributed by atoms with Crippen molar-refractivity contribution in [2.45, 2.75) is 44.6 Å². The van der Waals surface area contributed by atoms with Crippen LogP contribution in [0.3, 0.4) is 0 Å². The maximum atomic E-state index is 12.8. The first kappa shape index (κ1) is 19.9. The van der Waals surface area contributed by atoms with Crippen LogP contribution < -0.4 is 10.6 Å². The van der Waals surface area contributed by atoms with Crippen LogP contribution in [-0.4, -0.2) is 25.4 Å². The zero-order chi connectivity index (χ0) is 22.4. The average molecular weight is 439 g/mol. The Kier molecular flexibility index (Phi) is 4.82. The molecule has 0 saturated heterocycles. The fourth-order valence-electron chi connectivity index (χ4n) is 5.22. The molecular formula is C26H26N6O. The molecular weight excluding hydrogens is 412 g/mol. The second-order valence-corrected chi connectivity index (χ2v) is 8.99. The number of hydrogen-bond donors (Lipinski definition) is 2. The van der Waals surface area contributed by atoms with Gasteiger partial charge in [0, 0.05) is 54.1 Å². The van der Waals surface area contributed by atoms with Crippen LogP contribution in [0.25, 0.3) is 22.3 Å². The van der Waals surface area contributed by atoms with Gasteiger partial charge in [-0.05, 0) is 37.1 Å². The number of pyridine rings is 3. The molecule has 1 aliphatic heterocycles. The Hall–Kier alpha value is -3.74. The number of rotatable bonds is 4. The number of fused-ring (bicyclic) bond motifs is 2. The second-order valence-electron chi connectivity index (χ2n) is 8.99. The first-order valence-electron chi connectivity index (χ1n) is 11.6. The van der Waals surface area contributed by atoms with Crippen LogP contribution in [0.2, 0.25) is 0 Å². The summed E-state index contributed by atoms with van der Waals surface area (Å²) < 4.78 is 1.99. The average Bonchev–Trinajstić information content (AvgIpc) is 3.43. The summed E-state index contributed by atoms with van der Waals surface area (Å²) in [6.07, 6.45) is 11.8. The number of aryl methyl sites for hydroxylation is 1. The summed E-state index contributed by atoms with van der Waals surface area (Å²) in [6, 6.07) is 10.1. The van der Waals surface area contributed by atoms with Crippen molar-refractivity contribution in [3.05, 3.63) is 65.7 Å². The highest BCUT2D eigenvalue weighted by molar-refractivity contribution is 6.06. The molecule has 6 rings (SSSR count). The molecule has 1 fully saturated rings. The molecule has 7 heteroatoms. The SMILES string of the molecule is Cn1ccc2c(-c3ncc(Nc4cccc(C5CCCCC5)n4)c4c3CNC4=O)ccnc21. The van der Waals surface area contributed by atoms with Crippen molar-refractivity contribution in [1.29, 1.82) is 0 Å². The van der Waals surface area contributed by atoms with E-state index >= 15 is 0 Å². The third-order valence-electron chi connectivity index (χ3n) is 6.91. The van der Waals surface area contributed by atoms with Gasteiger partial charge in [-0.1, -0.05) is 25.3 Å². The highest BCUT2D eigenvalue weighted by Gasteiger charge is 2.28. The van der Waals surface area contributed by atoms with Gasteiger partial charge in [0.15, 0.2) is 0 Å². The molecule has 0 bridgehead atoms. The fourth-order valence-corrected chi connectivity index (χ4v) is 5.22. The van der Waals surface area contributed by atoms with E-state index in [1.165, 1.54) is 32.1 Å². The molecule has 1 aliphatic carbocycles. The zero-order valence-electron chi connectivity index (χ0n) is 18.6. The van der Waals surface area contributed by atoms with Gasteiger partial charge in [0.05, 0.1) is 23.1 Å². The monoisotopic (exact) mass is 438 g/mol. The summed E-state index contributed by atoms with van der Waals surface area (Å²) in [6.45, 7) is 0.457. The summed E-state index contributed by atoms with van der Waals surface area (Å²) in [5, 5.41) is 7.39. The molecule has 7 nitrogen and oxygen atoms in total. The minimum atomic E-state index is -0.0852. The van der Waals surface area contributed by atoms with Crippen molar-refractivity contribution in [3.8, 4) is 11.3 Å². The number of hydrogen-bond acceptors (Lipinski definition) is 5. The van der Waals surface area contributed by atoms with Gasteiger partial charge in [-0.3, -0.25) is 9.78 Å². The second kappa shape index (κ2) is 7.99. The van der Waals surface area contributed by atoms with Gasteiger partial charge < -0.3 is 15.2 Å². The van der Waals surface area contributed by atoms with Crippen molar-refractivity contribution in [2.24, 2.45) is 7.05 Å². The lowest BCUT2D eigenvalue weighted by Crippen LogP contribution is -2.14. The lowest BCUT2D eigenvalue weighted by atomic mass is 9.87. The van der Waals surface area contributed by atoms with Crippen LogP contribution in [0.15, 0.2) is 48.9 Å². The van der Waals surface area contributed by atoms with Gasteiger partial charge in [0.25, 0.3) is 5.91 Å². The highest BCUT2D eigenvalue weighted by Crippen LogP contribution is 2.36. The molecule has 4 aromatic heterocycles. The van der Waals surface area contributed by atoms with Crippen molar-refractivity contribution >= 4 is 28.4 Å². The summed E-state index contributed by atoms with van der Waals surface area (Å²) in [7, 11) is 1.98. The number of carbonyl (C=O) groups excluding carboxylic acids is 1. The molecule has 166 valence electrons. The van der Waals surface area contributed by atoms with Crippen LogP contribution in [0.1, 0.15) is 59.6 Å². The van der Waals surface area contributed by atoms with Gasteiger partial charge in [-0.2, -0.15) is 0 Å². The fraction of sp³-hybridized carbons (Fsp3) is 0.308. The Morgan fingerprint density at radius 2 is 1.97 bits per heavy atom.